The smallest absolute Gasteiger partial charge is 0.414 e. The summed E-state index contributed by atoms with van der Waals surface area (Å²) in [6.07, 6.45) is 0.446. The van der Waals surface area contributed by atoms with Crippen molar-refractivity contribution >= 4 is 23.3 Å². The van der Waals surface area contributed by atoms with Gasteiger partial charge in [-0.3, -0.25) is 4.68 Å². The summed E-state index contributed by atoms with van der Waals surface area (Å²) in [6.45, 7) is 0.0105. The summed E-state index contributed by atoms with van der Waals surface area (Å²) < 4.78 is 38.6. The van der Waals surface area contributed by atoms with Crippen LogP contribution in [-0.4, -0.2) is 47.8 Å². The van der Waals surface area contributed by atoms with Crippen molar-refractivity contribution in [2.45, 2.75) is 44.3 Å². The average molecular weight is 427 g/mol. The second-order valence-corrected chi connectivity index (χ2v) is 6.96. The minimum Gasteiger partial charge on any atom is -0.469 e. The minimum atomic E-state index is -2.69. The van der Waals surface area contributed by atoms with Crippen molar-refractivity contribution in [3.05, 3.63) is 24.0 Å². The molecule has 29 heavy (non-hydrogen) atoms. The molecule has 0 aliphatic heterocycles. The fourth-order valence-electron chi connectivity index (χ4n) is 2.70. The lowest BCUT2D eigenvalue weighted by Crippen LogP contribution is -2.41. The molecule has 0 atom stereocenters. The number of ether oxygens (including phenoxy) is 2. The van der Waals surface area contributed by atoms with E-state index in [1.165, 1.54) is 17.1 Å². The fourth-order valence-corrected chi connectivity index (χ4v) is 2.80. The van der Waals surface area contributed by atoms with Gasteiger partial charge in [0.25, 0.3) is 0 Å². The van der Waals surface area contributed by atoms with Gasteiger partial charge >= 0.3 is 6.09 Å². The summed E-state index contributed by atoms with van der Waals surface area (Å²) in [5.41, 5.74) is 5.56. The molecule has 13 heteroatoms. The lowest BCUT2D eigenvalue weighted by atomic mass is 9.92. The highest BCUT2D eigenvalue weighted by atomic mass is 32.1. The Bertz CT molecular complexity index is 898. The Kier molecular flexibility index (Phi) is 6.15. The normalized spacial score (nSPS) is 16.2. The topological polar surface area (TPSA) is 130 Å². The number of halogens is 2. The number of hydrogen-bond acceptors (Lipinski definition) is 8. The van der Waals surface area contributed by atoms with Gasteiger partial charge in [-0.05, 0) is 12.8 Å². The standard InChI is InChI=1S/C16H19F2N7O3S/c1-25-8-20-10(24-25)7-27-11-6-12(23-14(22-11)13(19)29)28-15(26)21-9-2-4-16(17,18)5-3-9/h6,8-9H,2-5,7H2,1H3,(H2,19,29)(H,21,26). The maximum Gasteiger partial charge on any atom is 0.414 e. The van der Waals surface area contributed by atoms with Crippen molar-refractivity contribution in [1.29, 1.82) is 0 Å². The zero-order valence-electron chi connectivity index (χ0n) is 15.5. The quantitative estimate of drug-likeness (QED) is 0.658. The summed E-state index contributed by atoms with van der Waals surface area (Å²) in [5.74, 6) is -2.42. The Hall–Kier alpha value is -2.96. The molecule has 3 rings (SSSR count). The SMILES string of the molecule is Cn1cnc(COc2cc(OC(=O)NC3CCC(F)(F)CC3)nc(C(N)=S)n2)n1. The number of nitrogens with one attached hydrogen (secondary N) is 1. The van der Waals surface area contributed by atoms with Crippen molar-refractivity contribution < 1.29 is 23.0 Å². The third-order valence-electron chi connectivity index (χ3n) is 4.13. The number of thiocarbonyl (C=S) groups is 1. The van der Waals surface area contributed by atoms with Crippen LogP contribution in [0.3, 0.4) is 0 Å². The van der Waals surface area contributed by atoms with Crippen molar-refractivity contribution in [2.24, 2.45) is 12.8 Å². The van der Waals surface area contributed by atoms with Gasteiger partial charge in [0, 0.05) is 25.9 Å². The van der Waals surface area contributed by atoms with E-state index >= 15 is 0 Å². The van der Waals surface area contributed by atoms with Crippen LogP contribution < -0.4 is 20.5 Å². The maximum atomic E-state index is 13.2. The Morgan fingerprint density at radius 3 is 2.69 bits per heavy atom. The highest BCUT2D eigenvalue weighted by molar-refractivity contribution is 7.80. The van der Waals surface area contributed by atoms with Crippen LogP contribution in [0.25, 0.3) is 0 Å². The molecule has 0 aromatic carbocycles. The second-order valence-electron chi connectivity index (χ2n) is 6.52. The molecule has 156 valence electrons. The Morgan fingerprint density at radius 2 is 2.07 bits per heavy atom. The number of carbonyl (C=O) groups is 1. The van der Waals surface area contributed by atoms with E-state index in [-0.39, 0.29) is 54.9 Å². The van der Waals surface area contributed by atoms with Crippen LogP contribution >= 0.6 is 12.2 Å². The first-order chi connectivity index (χ1) is 13.7. The number of rotatable bonds is 6. The molecule has 2 heterocycles. The summed E-state index contributed by atoms with van der Waals surface area (Å²) >= 11 is 4.87. The van der Waals surface area contributed by atoms with E-state index < -0.39 is 18.1 Å². The maximum absolute atomic E-state index is 13.2. The molecule has 0 radical (unpaired) electrons. The van der Waals surface area contributed by atoms with Crippen molar-refractivity contribution in [1.82, 2.24) is 30.0 Å². The number of nitrogens with two attached hydrogens (primary N) is 1. The monoisotopic (exact) mass is 427 g/mol. The number of alkyl halides is 2. The number of nitrogens with zero attached hydrogens (tertiary/aromatic N) is 5. The van der Waals surface area contributed by atoms with Gasteiger partial charge in [0.2, 0.25) is 17.7 Å². The van der Waals surface area contributed by atoms with E-state index in [2.05, 4.69) is 25.4 Å². The summed E-state index contributed by atoms with van der Waals surface area (Å²) in [5, 5.41) is 6.62. The van der Waals surface area contributed by atoms with Crippen molar-refractivity contribution in [3.8, 4) is 11.8 Å². The predicted octanol–water partition coefficient (Wildman–Crippen LogP) is 1.48. The molecular weight excluding hydrogens is 408 g/mol. The molecule has 1 aliphatic rings. The Labute approximate surface area is 169 Å². The van der Waals surface area contributed by atoms with Gasteiger partial charge in [-0.25, -0.2) is 18.6 Å². The van der Waals surface area contributed by atoms with Crippen molar-refractivity contribution in [2.75, 3.05) is 0 Å². The lowest BCUT2D eigenvalue weighted by molar-refractivity contribution is -0.0399. The molecule has 1 amide bonds. The van der Waals surface area contributed by atoms with Gasteiger partial charge in [0.15, 0.2) is 18.3 Å². The summed E-state index contributed by atoms with van der Waals surface area (Å²) in [4.78, 5) is 24.0. The molecule has 10 nitrogen and oxygen atoms in total. The van der Waals surface area contributed by atoms with Crippen molar-refractivity contribution in [3.63, 3.8) is 0 Å². The van der Waals surface area contributed by atoms with E-state index in [0.717, 1.165) is 0 Å². The highest BCUT2D eigenvalue weighted by Gasteiger charge is 2.35. The van der Waals surface area contributed by atoms with Gasteiger partial charge in [-0.1, -0.05) is 12.2 Å². The van der Waals surface area contributed by atoms with Gasteiger partial charge in [0.1, 0.15) is 11.3 Å². The Morgan fingerprint density at radius 1 is 1.38 bits per heavy atom. The van der Waals surface area contributed by atoms with E-state index in [1.54, 1.807) is 7.05 Å². The minimum absolute atomic E-state index is 0.0105. The van der Waals surface area contributed by atoms with E-state index in [9.17, 15) is 13.6 Å². The molecule has 2 aromatic heterocycles. The second kappa shape index (κ2) is 8.59. The summed E-state index contributed by atoms with van der Waals surface area (Å²) in [6, 6.07) is 0.879. The number of amides is 1. The van der Waals surface area contributed by atoms with Crippen LogP contribution in [0, 0.1) is 0 Å². The van der Waals surface area contributed by atoms with Gasteiger partial charge < -0.3 is 20.5 Å². The van der Waals surface area contributed by atoms with Crippen LogP contribution in [0.2, 0.25) is 0 Å². The predicted molar refractivity (Wildman–Crippen MR) is 99.6 cm³/mol. The molecular formula is C16H19F2N7O3S. The fraction of sp³-hybridized carbons (Fsp3) is 0.500. The first-order valence-corrected chi connectivity index (χ1v) is 9.13. The zero-order chi connectivity index (χ0) is 21.0. The third kappa shape index (κ3) is 6.01. The van der Waals surface area contributed by atoms with Gasteiger partial charge in [0.05, 0.1) is 6.07 Å². The van der Waals surface area contributed by atoms with E-state index in [1.807, 2.05) is 0 Å². The molecule has 0 saturated heterocycles. The molecule has 0 bridgehead atoms. The van der Waals surface area contributed by atoms with Crippen LogP contribution in [0.1, 0.15) is 37.3 Å². The number of aromatic nitrogens is 5. The van der Waals surface area contributed by atoms with E-state index in [0.29, 0.717) is 5.82 Å². The number of carbonyl (C=O) groups excluding carboxylic acids is 1. The number of aryl methyl sites for hydroxylation is 1. The lowest BCUT2D eigenvalue weighted by Gasteiger charge is -2.28. The van der Waals surface area contributed by atoms with Crippen LogP contribution in [-0.2, 0) is 13.7 Å². The summed E-state index contributed by atoms with van der Waals surface area (Å²) in [7, 11) is 1.71. The molecule has 0 spiro atoms. The molecule has 1 aliphatic carbocycles. The molecule has 3 N–H and O–H groups in total. The van der Waals surface area contributed by atoms with Gasteiger partial charge in [-0.15, -0.1) is 0 Å². The van der Waals surface area contributed by atoms with E-state index in [4.69, 9.17) is 27.4 Å². The van der Waals surface area contributed by atoms with Crippen LogP contribution in [0.5, 0.6) is 11.8 Å². The molecule has 1 fully saturated rings. The highest BCUT2D eigenvalue weighted by Crippen LogP contribution is 2.33. The largest absolute Gasteiger partial charge is 0.469 e. The number of hydrogen-bond donors (Lipinski definition) is 2. The zero-order valence-corrected chi connectivity index (χ0v) is 16.3. The van der Waals surface area contributed by atoms with Crippen LogP contribution in [0.15, 0.2) is 12.4 Å². The first kappa shape index (κ1) is 20.8. The Balaban J connectivity index is 1.63. The van der Waals surface area contributed by atoms with Crippen LogP contribution in [0.4, 0.5) is 13.6 Å². The third-order valence-corrected chi connectivity index (χ3v) is 4.31. The van der Waals surface area contributed by atoms with Gasteiger partial charge in [-0.2, -0.15) is 15.1 Å². The molecule has 1 saturated carbocycles. The first-order valence-electron chi connectivity index (χ1n) is 8.72. The molecule has 0 unspecified atom stereocenters. The molecule has 2 aromatic rings. The average Bonchev–Trinajstić information content (AvgIpc) is 3.07.